The van der Waals surface area contributed by atoms with E-state index in [2.05, 4.69) is 19.2 Å². The second kappa shape index (κ2) is 61.1. The number of aliphatic hydroxyl groups is 2. The van der Waals surface area contributed by atoms with Crippen LogP contribution in [0.2, 0.25) is 0 Å². The largest absolute Gasteiger partial charge is 0.466 e. The number of unbranched alkanes of at least 4 members (excludes halogenated alkanes) is 50. The molecule has 0 aliphatic heterocycles. The lowest BCUT2D eigenvalue weighted by molar-refractivity contribution is -0.143. The molecule has 422 valence electrons. The molecule has 0 aromatic carbocycles. The number of esters is 1. The Morgan fingerprint density at radius 1 is 0.380 bits per heavy atom. The van der Waals surface area contributed by atoms with Gasteiger partial charge in [0.05, 0.1) is 25.4 Å². The van der Waals surface area contributed by atoms with Gasteiger partial charge in [0.2, 0.25) is 5.91 Å². The maximum absolute atomic E-state index is 12.5. The zero-order valence-corrected chi connectivity index (χ0v) is 48.2. The number of rotatable bonds is 61. The summed E-state index contributed by atoms with van der Waals surface area (Å²) in [7, 11) is 0. The lowest BCUT2D eigenvalue weighted by Crippen LogP contribution is -2.45. The van der Waals surface area contributed by atoms with Crippen LogP contribution >= 0.6 is 0 Å². The number of ether oxygens (including phenoxy) is 1. The van der Waals surface area contributed by atoms with Gasteiger partial charge in [-0.2, -0.15) is 0 Å². The fourth-order valence-electron chi connectivity index (χ4n) is 10.3. The molecule has 0 heterocycles. The molecule has 0 aliphatic rings. The summed E-state index contributed by atoms with van der Waals surface area (Å²) < 4.78 is 5.50. The summed E-state index contributed by atoms with van der Waals surface area (Å²) >= 11 is 0. The number of hydrogen-bond acceptors (Lipinski definition) is 5. The van der Waals surface area contributed by atoms with Crippen molar-refractivity contribution in [2.45, 2.75) is 379 Å². The van der Waals surface area contributed by atoms with Crippen LogP contribution in [0.1, 0.15) is 367 Å². The number of carbonyl (C=O) groups excluding carboxylic acids is 2. The van der Waals surface area contributed by atoms with Gasteiger partial charge in [0.1, 0.15) is 0 Å². The Balaban J connectivity index is 3.43. The highest BCUT2D eigenvalue weighted by Gasteiger charge is 2.18. The Bertz CT molecular complexity index is 1060. The highest BCUT2D eigenvalue weighted by molar-refractivity contribution is 5.76. The first kappa shape index (κ1) is 69.6. The van der Waals surface area contributed by atoms with E-state index in [9.17, 15) is 19.8 Å². The normalized spacial score (nSPS) is 12.6. The maximum Gasteiger partial charge on any atom is 0.305 e. The molecule has 0 fully saturated rings. The Hall–Kier alpha value is -1.40. The van der Waals surface area contributed by atoms with Crippen molar-refractivity contribution >= 4 is 11.9 Å². The summed E-state index contributed by atoms with van der Waals surface area (Å²) in [6.45, 7) is 4.93. The van der Waals surface area contributed by atoms with Crippen molar-refractivity contribution in [1.29, 1.82) is 0 Å². The van der Waals surface area contributed by atoms with Gasteiger partial charge in [-0.1, -0.05) is 334 Å². The molecule has 6 heteroatoms. The number of hydrogen-bond donors (Lipinski definition) is 3. The number of nitrogens with one attached hydrogen (secondary N) is 1. The van der Waals surface area contributed by atoms with Gasteiger partial charge in [0.25, 0.3) is 0 Å². The van der Waals surface area contributed by atoms with Crippen LogP contribution in [0.15, 0.2) is 12.2 Å². The number of aliphatic hydroxyl groups excluding tert-OH is 2. The number of allylic oxidation sites excluding steroid dienone is 1. The molecule has 6 nitrogen and oxygen atoms in total. The average Bonchev–Trinajstić information content (AvgIpc) is 3.37. The predicted octanol–water partition coefficient (Wildman–Crippen LogP) is 20.4. The molecule has 0 radical (unpaired) electrons. The molecule has 0 bridgehead atoms. The van der Waals surface area contributed by atoms with Crippen molar-refractivity contribution in [3.05, 3.63) is 12.2 Å². The zero-order valence-electron chi connectivity index (χ0n) is 48.2. The van der Waals surface area contributed by atoms with E-state index in [4.69, 9.17) is 4.74 Å². The van der Waals surface area contributed by atoms with Crippen LogP contribution in [0.25, 0.3) is 0 Å². The van der Waals surface area contributed by atoms with Gasteiger partial charge >= 0.3 is 5.97 Å². The first-order valence-corrected chi connectivity index (χ1v) is 32.5. The Morgan fingerprint density at radius 2 is 0.648 bits per heavy atom. The Kier molecular flexibility index (Phi) is 59.9. The molecule has 2 atom stereocenters. The third kappa shape index (κ3) is 57.7. The first-order valence-electron chi connectivity index (χ1n) is 32.5. The van der Waals surface area contributed by atoms with Crippen LogP contribution in [-0.2, 0) is 14.3 Å². The lowest BCUT2D eigenvalue weighted by Gasteiger charge is -2.20. The van der Waals surface area contributed by atoms with E-state index in [1.165, 1.54) is 295 Å². The molecule has 3 N–H and O–H groups in total. The minimum Gasteiger partial charge on any atom is -0.466 e. The van der Waals surface area contributed by atoms with Crippen molar-refractivity contribution in [3.8, 4) is 0 Å². The molecular formula is C65H127NO5. The standard InChI is InChI=1S/C65H127NO5/c1-3-5-7-9-11-13-15-17-19-21-22-23-24-26-29-33-37-41-45-49-53-57-63(68)62(61-67)66-64(69)58-54-50-46-42-38-34-30-27-28-32-36-40-44-48-52-56-60-71-65(70)59-55-51-47-43-39-35-31-25-20-18-16-14-12-10-8-6-4-2/h53,57,62-63,67-68H,3-52,54-56,58-61H2,1-2H3,(H,66,69)/b57-53+. The van der Waals surface area contributed by atoms with Crippen molar-refractivity contribution < 1.29 is 24.5 Å². The molecule has 1 amide bonds. The van der Waals surface area contributed by atoms with Crippen molar-refractivity contribution in [3.63, 3.8) is 0 Å². The fraction of sp³-hybridized carbons (Fsp3) is 0.938. The average molecular weight is 1000 g/mol. The second-order valence-corrected chi connectivity index (χ2v) is 22.5. The van der Waals surface area contributed by atoms with Crippen LogP contribution in [0.5, 0.6) is 0 Å². The summed E-state index contributed by atoms with van der Waals surface area (Å²) in [6.07, 6.45) is 74.0. The molecule has 2 unspecified atom stereocenters. The smallest absolute Gasteiger partial charge is 0.305 e. The van der Waals surface area contributed by atoms with Crippen LogP contribution < -0.4 is 5.32 Å². The summed E-state index contributed by atoms with van der Waals surface area (Å²) in [6, 6.07) is -0.633. The molecule has 0 spiro atoms. The van der Waals surface area contributed by atoms with Gasteiger partial charge in [0, 0.05) is 12.8 Å². The SMILES string of the molecule is CCCCCCCCCCCCCCCCCCCCC/C=C/C(O)C(CO)NC(=O)CCCCCCCCCCCCCCCCCCOC(=O)CCCCCCCCCCCCCCCCCCC. The maximum atomic E-state index is 12.5. The topological polar surface area (TPSA) is 95.9 Å². The molecule has 0 saturated heterocycles. The summed E-state index contributed by atoms with van der Waals surface area (Å²) in [5.74, 6) is -0.0632. The molecule has 71 heavy (non-hydrogen) atoms. The minimum absolute atomic E-state index is 0.00722. The van der Waals surface area contributed by atoms with E-state index >= 15 is 0 Å². The molecule has 0 rings (SSSR count). The van der Waals surface area contributed by atoms with Gasteiger partial charge in [0.15, 0.2) is 0 Å². The monoisotopic (exact) mass is 1000 g/mol. The minimum atomic E-state index is -0.849. The van der Waals surface area contributed by atoms with Crippen molar-refractivity contribution in [1.82, 2.24) is 5.32 Å². The third-order valence-corrected chi connectivity index (χ3v) is 15.3. The second-order valence-electron chi connectivity index (χ2n) is 22.5. The van der Waals surface area contributed by atoms with Gasteiger partial charge in [-0.25, -0.2) is 0 Å². The fourth-order valence-corrected chi connectivity index (χ4v) is 10.3. The number of amides is 1. The number of carbonyl (C=O) groups is 2. The lowest BCUT2D eigenvalue weighted by atomic mass is 10.0. The highest BCUT2D eigenvalue weighted by Crippen LogP contribution is 2.18. The van der Waals surface area contributed by atoms with Crippen LogP contribution in [0.3, 0.4) is 0 Å². The highest BCUT2D eigenvalue weighted by atomic mass is 16.5. The predicted molar refractivity (Wildman–Crippen MR) is 310 cm³/mol. The van der Waals surface area contributed by atoms with Gasteiger partial charge in [-0.15, -0.1) is 0 Å². The van der Waals surface area contributed by atoms with E-state index in [0.29, 0.717) is 19.4 Å². The quantitative estimate of drug-likeness (QED) is 0.0320. The van der Waals surface area contributed by atoms with E-state index in [1.807, 2.05) is 6.08 Å². The van der Waals surface area contributed by atoms with E-state index in [0.717, 1.165) is 44.9 Å². The van der Waals surface area contributed by atoms with Crippen molar-refractivity contribution in [2.24, 2.45) is 0 Å². The summed E-state index contributed by atoms with van der Waals surface area (Å²) in [5.41, 5.74) is 0. The van der Waals surface area contributed by atoms with Gasteiger partial charge in [-0.3, -0.25) is 9.59 Å². The molecule has 0 aromatic heterocycles. The van der Waals surface area contributed by atoms with Crippen molar-refractivity contribution in [2.75, 3.05) is 13.2 Å². The van der Waals surface area contributed by atoms with E-state index < -0.39 is 12.1 Å². The van der Waals surface area contributed by atoms with E-state index in [-0.39, 0.29) is 18.5 Å². The van der Waals surface area contributed by atoms with Gasteiger partial charge in [-0.05, 0) is 32.1 Å². The molecule has 0 aliphatic carbocycles. The molecule has 0 saturated carbocycles. The molecule has 0 aromatic rings. The van der Waals surface area contributed by atoms with Crippen LogP contribution in [0.4, 0.5) is 0 Å². The van der Waals surface area contributed by atoms with Gasteiger partial charge < -0.3 is 20.3 Å². The van der Waals surface area contributed by atoms with Crippen LogP contribution in [0, 0.1) is 0 Å². The third-order valence-electron chi connectivity index (χ3n) is 15.3. The molecular weight excluding hydrogens is 875 g/mol. The Morgan fingerprint density at radius 3 is 0.958 bits per heavy atom. The summed E-state index contributed by atoms with van der Waals surface area (Å²) in [5, 5.41) is 23.2. The first-order chi connectivity index (χ1) is 35.0. The Labute approximate surface area is 444 Å². The summed E-state index contributed by atoms with van der Waals surface area (Å²) in [4.78, 5) is 24.6. The van der Waals surface area contributed by atoms with Crippen LogP contribution in [-0.4, -0.2) is 47.4 Å². The van der Waals surface area contributed by atoms with E-state index in [1.54, 1.807) is 6.08 Å². The zero-order chi connectivity index (χ0) is 51.4.